The molecular weight excluding hydrogens is 228 g/mol. The second-order valence-corrected chi connectivity index (χ2v) is 6.28. The summed E-state index contributed by atoms with van der Waals surface area (Å²) in [4.78, 5) is 4.17. The van der Waals surface area contributed by atoms with E-state index in [1.807, 2.05) is 11.3 Å². The van der Waals surface area contributed by atoms with Crippen LogP contribution in [0.2, 0.25) is 0 Å². The van der Waals surface area contributed by atoms with Crippen LogP contribution in [-0.2, 0) is 6.54 Å². The van der Waals surface area contributed by atoms with Crippen LogP contribution in [0.15, 0.2) is 11.4 Å². The van der Waals surface area contributed by atoms with Gasteiger partial charge >= 0.3 is 0 Å². The van der Waals surface area contributed by atoms with Crippen LogP contribution in [0.5, 0.6) is 0 Å². The lowest BCUT2D eigenvalue weighted by molar-refractivity contribution is 0.0819. The zero-order valence-electron chi connectivity index (χ0n) is 11.4. The van der Waals surface area contributed by atoms with E-state index in [0.29, 0.717) is 12.1 Å². The van der Waals surface area contributed by atoms with E-state index in [4.69, 9.17) is 0 Å². The fraction of sp³-hybridized carbons (Fsp3) is 0.714. The summed E-state index contributed by atoms with van der Waals surface area (Å²) in [5.74, 6) is 0.731. The topological polar surface area (TPSA) is 15.3 Å². The van der Waals surface area contributed by atoms with Gasteiger partial charge in [0.05, 0.1) is 0 Å². The lowest BCUT2D eigenvalue weighted by Crippen LogP contribution is -2.52. The summed E-state index contributed by atoms with van der Waals surface area (Å²) >= 11 is 1.90. The highest BCUT2D eigenvalue weighted by atomic mass is 32.1. The number of thiophene rings is 1. The van der Waals surface area contributed by atoms with Gasteiger partial charge in [-0.15, -0.1) is 11.3 Å². The van der Waals surface area contributed by atoms with E-state index < -0.39 is 0 Å². The first-order valence-electron chi connectivity index (χ1n) is 6.57. The molecule has 1 aromatic heterocycles. The Morgan fingerprint density at radius 1 is 1.47 bits per heavy atom. The van der Waals surface area contributed by atoms with Crippen molar-refractivity contribution in [2.75, 3.05) is 13.6 Å². The summed E-state index contributed by atoms with van der Waals surface area (Å²) in [5, 5.41) is 5.66. The molecule has 3 unspecified atom stereocenters. The number of piperidine rings is 1. The van der Waals surface area contributed by atoms with Crippen LogP contribution in [0, 0.1) is 12.8 Å². The maximum atomic E-state index is 3.45. The number of hydrogen-bond donors (Lipinski definition) is 1. The van der Waals surface area contributed by atoms with Crippen molar-refractivity contribution in [1.82, 2.24) is 10.2 Å². The largest absolute Gasteiger partial charge is 0.317 e. The maximum absolute atomic E-state index is 3.45. The van der Waals surface area contributed by atoms with Crippen molar-refractivity contribution >= 4 is 11.3 Å². The predicted octanol–water partition coefficient (Wildman–Crippen LogP) is 2.87. The molecule has 3 atom stereocenters. The van der Waals surface area contributed by atoms with Crippen LogP contribution in [0.4, 0.5) is 0 Å². The molecule has 1 aromatic rings. The van der Waals surface area contributed by atoms with Gasteiger partial charge in [-0.3, -0.25) is 4.90 Å². The van der Waals surface area contributed by atoms with Crippen molar-refractivity contribution in [2.24, 2.45) is 5.92 Å². The average molecular weight is 252 g/mol. The summed E-state index contributed by atoms with van der Waals surface area (Å²) in [6.07, 6.45) is 1.27. The quantitative estimate of drug-likeness (QED) is 0.890. The first kappa shape index (κ1) is 13.1. The predicted molar refractivity (Wildman–Crippen MR) is 75.6 cm³/mol. The Bertz CT molecular complexity index is 361. The highest BCUT2D eigenvalue weighted by molar-refractivity contribution is 7.10. The Labute approximate surface area is 109 Å². The molecule has 1 aliphatic heterocycles. The van der Waals surface area contributed by atoms with Crippen molar-refractivity contribution in [1.29, 1.82) is 0 Å². The highest BCUT2D eigenvalue weighted by Gasteiger charge is 2.31. The van der Waals surface area contributed by atoms with Gasteiger partial charge in [0.1, 0.15) is 0 Å². The fourth-order valence-electron chi connectivity index (χ4n) is 2.82. The number of nitrogens with zero attached hydrogens (tertiary/aromatic N) is 1. The molecule has 2 heterocycles. The van der Waals surface area contributed by atoms with E-state index in [2.05, 4.69) is 49.5 Å². The molecule has 0 amide bonds. The molecule has 96 valence electrons. The van der Waals surface area contributed by atoms with E-state index >= 15 is 0 Å². The molecule has 2 rings (SSSR count). The van der Waals surface area contributed by atoms with Gasteiger partial charge in [0.15, 0.2) is 0 Å². The minimum atomic E-state index is 0.669. The molecule has 1 aliphatic rings. The number of nitrogens with one attached hydrogen (secondary N) is 1. The molecule has 3 heteroatoms. The monoisotopic (exact) mass is 252 g/mol. The summed E-state index contributed by atoms with van der Waals surface area (Å²) in [6, 6.07) is 3.59. The van der Waals surface area contributed by atoms with Gasteiger partial charge in [0.25, 0.3) is 0 Å². The molecule has 2 nitrogen and oxygen atoms in total. The molecule has 0 aromatic carbocycles. The van der Waals surface area contributed by atoms with Gasteiger partial charge < -0.3 is 5.32 Å². The van der Waals surface area contributed by atoms with Crippen LogP contribution >= 0.6 is 11.3 Å². The Hall–Kier alpha value is -0.380. The van der Waals surface area contributed by atoms with Crippen molar-refractivity contribution < 1.29 is 0 Å². The average Bonchev–Trinajstić information content (AvgIpc) is 2.71. The molecule has 0 bridgehead atoms. The van der Waals surface area contributed by atoms with Crippen LogP contribution < -0.4 is 5.32 Å². The SMILES string of the molecule is CNC1CCN(Cc2sccc2C)C(C)C1C. The number of likely N-dealkylation sites (tertiary alicyclic amines) is 1. The standard InChI is InChI=1S/C14H24N2S/c1-10-6-8-17-14(10)9-16-7-5-13(15-4)11(2)12(16)3/h6,8,11-13,15H,5,7,9H2,1-4H3. The summed E-state index contributed by atoms with van der Waals surface area (Å²) in [7, 11) is 2.09. The number of hydrogen-bond acceptors (Lipinski definition) is 3. The Morgan fingerprint density at radius 3 is 2.82 bits per heavy atom. The van der Waals surface area contributed by atoms with E-state index in [9.17, 15) is 0 Å². The smallest absolute Gasteiger partial charge is 0.0333 e. The van der Waals surface area contributed by atoms with Gasteiger partial charge in [-0.1, -0.05) is 6.92 Å². The third-order valence-corrected chi connectivity index (χ3v) is 5.39. The molecule has 0 spiro atoms. The van der Waals surface area contributed by atoms with Crippen LogP contribution in [0.1, 0.15) is 30.7 Å². The fourth-order valence-corrected chi connectivity index (χ4v) is 3.75. The third kappa shape index (κ3) is 2.72. The van der Waals surface area contributed by atoms with Crippen molar-refractivity contribution in [3.63, 3.8) is 0 Å². The van der Waals surface area contributed by atoms with Crippen LogP contribution in [0.3, 0.4) is 0 Å². The summed E-state index contributed by atoms with van der Waals surface area (Å²) < 4.78 is 0. The number of rotatable bonds is 3. The first-order chi connectivity index (χ1) is 8.13. The van der Waals surface area contributed by atoms with Gasteiger partial charge in [-0.2, -0.15) is 0 Å². The van der Waals surface area contributed by atoms with E-state index in [1.54, 1.807) is 0 Å². The minimum absolute atomic E-state index is 0.669. The number of aryl methyl sites for hydroxylation is 1. The maximum Gasteiger partial charge on any atom is 0.0333 e. The molecule has 1 fully saturated rings. The second kappa shape index (κ2) is 5.51. The molecule has 1 saturated heterocycles. The van der Waals surface area contributed by atoms with Crippen molar-refractivity contribution in [3.05, 3.63) is 21.9 Å². The van der Waals surface area contributed by atoms with E-state index in [0.717, 1.165) is 12.5 Å². The summed E-state index contributed by atoms with van der Waals surface area (Å²) in [5.41, 5.74) is 1.45. The molecular formula is C14H24N2S. The third-order valence-electron chi connectivity index (χ3n) is 4.38. The lowest BCUT2D eigenvalue weighted by atomic mass is 9.87. The van der Waals surface area contributed by atoms with Gasteiger partial charge in [-0.25, -0.2) is 0 Å². The normalized spacial score (nSPS) is 30.7. The zero-order valence-corrected chi connectivity index (χ0v) is 12.2. The van der Waals surface area contributed by atoms with Crippen LogP contribution in [-0.4, -0.2) is 30.6 Å². The molecule has 17 heavy (non-hydrogen) atoms. The van der Waals surface area contributed by atoms with Gasteiger partial charge in [-0.05, 0) is 50.2 Å². The Balaban J connectivity index is 2.01. The van der Waals surface area contributed by atoms with E-state index in [1.165, 1.54) is 23.4 Å². The van der Waals surface area contributed by atoms with Gasteiger partial charge in [0, 0.05) is 30.1 Å². The lowest BCUT2D eigenvalue weighted by Gasteiger charge is -2.42. The minimum Gasteiger partial charge on any atom is -0.317 e. The molecule has 0 saturated carbocycles. The van der Waals surface area contributed by atoms with Crippen molar-refractivity contribution in [2.45, 2.75) is 45.8 Å². The molecule has 0 radical (unpaired) electrons. The van der Waals surface area contributed by atoms with E-state index in [-0.39, 0.29) is 0 Å². The zero-order chi connectivity index (χ0) is 12.4. The highest BCUT2D eigenvalue weighted by Crippen LogP contribution is 2.27. The van der Waals surface area contributed by atoms with Crippen molar-refractivity contribution in [3.8, 4) is 0 Å². The van der Waals surface area contributed by atoms with Crippen LogP contribution in [0.25, 0.3) is 0 Å². The second-order valence-electron chi connectivity index (χ2n) is 5.28. The summed E-state index contributed by atoms with van der Waals surface area (Å²) in [6.45, 7) is 9.32. The Kier molecular flexibility index (Phi) is 4.23. The molecule has 1 N–H and O–H groups in total. The molecule has 0 aliphatic carbocycles. The van der Waals surface area contributed by atoms with Gasteiger partial charge in [0.2, 0.25) is 0 Å². The Morgan fingerprint density at radius 2 is 2.24 bits per heavy atom. The first-order valence-corrected chi connectivity index (χ1v) is 7.45.